The summed E-state index contributed by atoms with van der Waals surface area (Å²) in [6, 6.07) is 17.6. The first-order valence-corrected chi connectivity index (χ1v) is 9.62. The van der Waals surface area contributed by atoms with Crippen LogP contribution in [0.5, 0.6) is 0 Å². The number of H-pyrrole nitrogens is 1. The Morgan fingerprint density at radius 2 is 1.25 bits per heavy atom. The van der Waals surface area contributed by atoms with Gasteiger partial charge in [0.1, 0.15) is 5.69 Å². The van der Waals surface area contributed by atoms with Gasteiger partial charge in [0.25, 0.3) is 0 Å². The van der Waals surface area contributed by atoms with Crippen molar-refractivity contribution in [2.75, 3.05) is 6.61 Å². The van der Waals surface area contributed by atoms with Crippen molar-refractivity contribution < 1.29 is 9.53 Å². The third-order valence-electron chi connectivity index (χ3n) is 6.32. The molecular formula is C25H15NO2. The zero-order chi connectivity index (χ0) is 18.6. The van der Waals surface area contributed by atoms with Crippen LogP contribution in [0.3, 0.4) is 0 Å². The molecule has 7 rings (SSSR count). The van der Waals surface area contributed by atoms with Gasteiger partial charge in [0, 0.05) is 17.0 Å². The molecular weight excluding hydrogens is 346 g/mol. The second-order valence-electron chi connectivity index (χ2n) is 7.57. The third-order valence-corrected chi connectivity index (χ3v) is 6.32. The van der Waals surface area contributed by atoms with E-state index < -0.39 is 0 Å². The molecule has 3 nitrogen and oxygen atoms in total. The van der Waals surface area contributed by atoms with Gasteiger partial charge in [0.05, 0.1) is 6.61 Å². The van der Waals surface area contributed by atoms with Gasteiger partial charge in [-0.1, -0.05) is 48.5 Å². The Labute approximate surface area is 159 Å². The largest absolute Gasteiger partial charge is 0.461 e. The smallest absolute Gasteiger partial charge is 0.355 e. The molecule has 0 radical (unpaired) electrons. The van der Waals surface area contributed by atoms with E-state index in [4.69, 9.17) is 4.74 Å². The quantitative estimate of drug-likeness (QED) is 0.285. The molecule has 1 N–H and O–H groups in total. The monoisotopic (exact) mass is 361 g/mol. The van der Waals surface area contributed by atoms with E-state index in [1.54, 1.807) is 0 Å². The van der Waals surface area contributed by atoms with Crippen LogP contribution < -0.4 is 0 Å². The Balaban J connectivity index is 1.86. The van der Waals surface area contributed by atoms with Crippen molar-refractivity contribution in [2.24, 2.45) is 0 Å². The molecule has 3 heteroatoms. The number of aromatic amines is 1. The van der Waals surface area contributed by atoms with Gasteiger partial charge < -0.3 is 9.72 Å². The lowest BCUT2D eigenvalue weighted by molar-refractivity contribution is 0.0522. The highest BCUT2D eigenvalue weighted by atomic mass is 16.5. The number of carbonyl (C=O) groups is 1. The average Bonchev–Trinajstić information content (AvgIpc) is 3.32. The van der Waals surface area contributed by atoms with E-state index >= 15 is 0 Å². The molecule has 28 heavy (non-hydrogen) atoms. The van der Waals surface area contributed by atoms with Crippen LogP contribution in [0.15, 0.2) is 54.7 Å². The van der Waals surface area contributed by atoms with Crippen LogP contribution in [0.4, 0.5) is 0 Å². The predicted molar refractivity (Wildman–Crippen MR) is 115 cm³/mol. The number of esters is 1. The molecule has 7 aromatic rings. The summed E-state index contributed by atoms with van der Waals surface area (Å²) < 4.78 is 5.32. The van der Waals surface area contributed by atoms with Crippen molar-refractivity contribution in [2.45, 2.75) is 6.92 Å². The number of benzene rings is 5. The minimum atomic E-state index is -0.297. The van der Waals surface area contributed by atoms with E-state index in [9.17, 15) is 4.79 Å². The number of ether oxygens (including phenoxy) is 1. The highest BCUT2D eigenvalue weighted by Gasteiger charge is 2.25. The Hall–Kier alpha value is -3.59. The Kier molecular flexibility index (Phi) is 2.39. The van der Waals surface area contributed by atoms with E-state index in [1.807, 2.05) is 13.1 Å². The molecule has 0 fully saturated rings. The molecule has 0 aliphatic heterocycles. The maximum absolute atomic E-state index is 12.6. The number of hydrogen-bond acceptors (Lipinski definition) is 2. The zero-order valence-corrected chi connectivity index (χ0v) is 15.2. The highest BCUT2D eigenvalue weighted by molar-refractivity contribution is 6.48. The normalized spacial score (nSPS) is 12.8. The molecule has 0 amide bonds. The molecule has 6 aromatic carbocycles. The first kappa shape index (κ1) is 14.5. The van der Waals surface area contributed by atoms with E-state index in [-0.39, 0.29) is 5.97 Å². The van der Waals surface area contributed by atoms with Crippen molar-refractivity contribution in [3.05, 3.63) is 60.4 Å². The Morgan fingerprint density at radius 1 is 0.714 bits per heavy atom. The van der Waals surface area contributed by atoms with Crippen LogP contribution in [-0.4, -0.2) is 17.6 Å². The number of rotatable bonds is 2. The molecule has 0 spiro atoms. The standard InChI is InChI=1S/C25H15NO2/c1-2-28-25(27)24-21-16-10-8-14-6-4-12-3-5-13-7-9-15(17(21)11-26-24)22-19(13)18(12)20(14)23(16)22/h3-11,26H,2H2,1H3. The van der Waals surface area contributed by atoms with Gasteiger partial charge in [-0.25, -0.2) is 4.79 Å². The van der Waals surface area contributed by atoms with Gasteiger partial charge in [-0.3, -0.25) is 0 Å². The summed E-state index contributed by atoms with van der Waals surface area (Å²) in [6.07, 6.45) is 1.95. The molecule has 0 aliphatic carbocycles. The maximum Gasteiger partial charge on any atom is 0.355 e. The number of hydrogen-bond donors (Lipinski definition) is 1. The van der Waals surface area contributed by atoms with Gasteiger partial charge in [0.15, 0.2) is 0 Å². The first-order chi connectivity index (χ1) is 13.8. The number of nitrogens with one attached hydrogen (secondary N) is 1. The first-order valence-electron chi connectivity index (χ1n) is 9.62. The predicted octanol–water partition coefficient (Wildman–Crippen LogP) is 6.42. The van der Waals surface area contributed by atoms with Crippen LogP contribution in [0.1, 0.15) is 17.4 Å². The molecule has 0 unspecified atom stereocenters. The summed E-state index contributed by atoms with van der Waals surface area (Å²) in [6.45, 7) is 2.20. The van der Waals surface area contributed by atoms with Crippen LogP contribution in [0.25, 0.3) is 64.6 Å². The lowest BCUT2D eigenvalue weighted by Gasteiger charge is -2.09. The maximum atomic E-state index is 12.6. The summed E-state index contributed by atoms with van der Waals surface area (Å²) in [4.78, 5) is 15.8. The minimum Gasteiger partial charge on any atom is -0.461 e. The Bertz CT molecular complexity index is 1680. The summed E-state index contributed by atoms with van der Waals surface area (Å²) >= 11 is 0. The molecule has 0 saturated carbocycles. The van der Waals surface area contributed by atoms with Crippen LogP contribution in [0, 0.1) is 0 Å². The zero-order valence-electron chi connectivity index (χ0n) is 15.2. The lowest BCUT2D eigenvalue weighted by Crippen LogP contribution is -2.05. The minimum absolute atomic E-state index is 0.297. The van der Waals surface area contributed by atoms with Crippen LogP contribution in [-0.2, 0) is 4.74 Å². The topological polar surface area (TPSA) is 42.1 Å². The SMILES string of the molecule is CCOC(=O)c1[nH]cc2c3ccc4ccc5ccc6ccc(c12)c1c6c5c4c31. The van der Waals surface area contributed by atoms with Crippen molar-refractivity contribution in [3.63, 3.8) is 0 Å². The number of carbonyl (C=O) groups excluding carboxylic acids is 1. The van der Waals surface area contributed by atoms with E-state index in [2.05, 4.69) is 53.5 Å². The van der Waals surface area contributed by atoms with Gasteiger partial charge in [-0.2, -0.15) is 0 Å². The fraction of sp³-hybridized carbons (Fsp3) is 0.0800. The van der Waals surface area contributed by atoms with Crippen molar-refractivity contribution in [1.29, 1.82) is 0 Å². The van der Waals surface area contributed by atoms with Crippen molar-refractivity contribution in [1.82, 2.24) is 4.98 Å². The van der Waals surface area contributed by atoms with Gasteiger partial charge in [-0.05, 0) is 60.8 Å². The summed E-state index contributed by atoms with van der Waals surface area (Å²) in [7, 11) is 0. The lowest BCUT2D eigenvalue weighted by atomic mass is 9.94. The van der Waals surface area contributed by atoms with Crippen LogP contribution >= 0.6 is 0 Å². The fourth-order valence-electron chi connectivity index (χ4n) is 5.28. The fourth-order valence-corrected chi connectivity index (χ4v) is 5.28. The van der Waals surface area contributed by atoms with Crippen molar-refractivity contribution in [3.8, 4) is 0 Å². The molecule has 0 atom stereocenters. The molecule has 1 heterocycles. The van der Waals surface area contributed by atoms with Gasteiger partial charge in [0.2, 0.25) is 0 Å². The summed E-state index contributed by atoms with van der Waals surface area (Å²) in [5.74, 6) is -0.297. The second-order valence-corrected chi connectivity index (χ2v) is 7.57. The summed E-state index contributed by atoms with van der Waals surface area (Å²) in [5, 5.41) is 14.7. The molecule has 0 bridgehead atoms. The number of fused-ring (bicyclic) bond motifs is 3. The number of aromatic nitrogens is 1. The molecule has 0 saturated heterocycles. The summed E-state index contributed by atoms with van der Waals surface area (Å²) in [5.41, 5.74) is 0.543. The van der Waals surface area contributed by atoms with E-state index in [0.29, 0.717) is 12.3 Å². The van der Waals surface area contributed by atoms with Gasteiger partial charge in [-0.15, -0.1) is 0 Å². The molecule has 0 aliphatic rings. The second kappa shape index (κ2) is 4.63. The van der Waals surface area contributed by atoms with Crippen LogP contribution in [0.2, 0.25) is 0 Å². The average molecular weight is 361 g/mol. The van der Waals surface area contributed by atoms with E-state index in [0.717, 1.165) is 16.2 Å². The highest BCUT2D eigenvalue weighted by Crippen LogP contribution is 2.50. The third kappa shape index (κ3) is 1.44. The molecule has 1 aromatic heterocycles. The van der Waals surface area contributed by atoms with Gasteiger partial charge >= 0.3 is 5.97 Å². The van der Waals surface area contributed by atoms with Crippen molar-refractivity contribution >= 4 is 70.6 Å². The van der Waals surface area contributed by atoms with E-state index in [1.165, 1.54) is 48.5 Å². The molecule has 132 valence electrons. The Morgan fingerprint density at radius 3 is 1.89 bits per heavy atom.